The van der Waals surface area contributed by atoms with Gasteiger partial charge in [-0.25, -0.2) is 4.98 Å². The molecule has 0 saturated heterocycles. The van der Waals surface area contributed by atoms with E-state index in [9.17, 15) is 4.79 Å². The largest absolute Gasteiger partial charge is 0.494 e. The summed E-state index contributed by atoms with van der Waals surface area (Å²) in [6.07, 6.45) is 1.39. The van der Waals surface area contributed by atoms with Crippen LogP contribution in [0.5, 0.6) is 5.75 Å². The second kappa shape index (κ2) is 4.39. The number of pyridine rings is 1. The zero-order chi connectivity index (χ0) is 10.7. The van der Waals surface area contributed by atoms with Crippen molar-refractivity contribution in [1.29, 1.82) is 0 Å². The molecule has 2 N–H and O–H groups in total. The van der Waals surface area contributed by atoms with Crippen LogP contribution in [0.3, 0.4) is 0 Å². The minimum Gasteiger partial charge on any atom is -0.494 e. The van der Waals surface area contributed by atoms with Gasteiger partial charge in [0.15, 0.2) is 0 Å². The van der Waals surface area contributed by atoms with Gasteiger partial charge in [0.25, 0.3) is 0 Å². The highest BCUT2D eigenvalue weighted by Crippen LogP contribution is 2.21. The van der Waals surface area contributed by atoms with E-state index in [2.05, 4.69) is 4.98 Å². The van der Waals surface area contributed by atoms with E-state index < -0.39 is 6.04 Å². The highest BCUT2D eigenvalue weighted by Gasteiger charge is 2.17. The SMILES string of the molecule is COc1cc(Cl)cnc1C(=O)C(C)N. The van der Waals surface area contributed by atoms with Gasteiger partial charge in [-0.1, -0.05) is 11.6 Å². The number of carbonyl (C=O) groups excluding carboxylic acids is 1. The van der Waals surface area contributed by atoms with Crippen molar-refractivity contribution in [3.63, 3.8) is 0 Å². The average Bonchev–Trinajstić information content (AvgIpc) is 2.16. The van der Waals surface area contributed by atoms with Crippen molar-refractivity contribution < 1.29 is 9.53 Å². The summed E-state index contributed by atoms with van der Waals surface area (Å²) in [4.78, 5) is 15.4. The Morgan fingerprint density at radius 2 is 2.36 bits per heavy atom. The van der Waals surface area contributed by atoms with Crippen molar-refractivity contribution in [2.75, 3.05) is 7.11 Å². The van der Waals surface area contributed by atoms with Crippen molar-refractivity contribution in [2.24, 2.45) is 5.73 Å². The van der Waals surface area contributed by atoms with E-state index in [1.807, 2.05) is 0 Å². The summed E-state index contributed by atoms with van der Waals surface area (Å²) >= 11 is 5.69. The predicted molar refractivity (Wildman–Crippen MR) is 53.8 cm³/mol. The number of nitrogens with zero attached hydrogens (tertiary/aromatic N) is 1. The maximum atomic E-state index is 11.5. The van der Waals surface area contributed by atoms with Gasteiger partial charge in [-0.05, 0) is 6.92 Å². The van der Waals surface area contributed by atoms with Gasteiger partial charge in [0.2, 0.25) is 5.78 Å². The molecule has 76 valence electrons. The first-order valence-electron chi connectivity index (χ1n) is 4.05. The minimum atomic E-state index is -0.599. The third-order valence-electron chi connectivity index (χ3n) is 1.69. The van der Waals surface area contributed by atoms with E-state index in [4.69, 9.17) is 22.1 Å². The lowest BCUT2D eigenvalue weighted by Gasteiger charge is -2.08. The van der Waals surface area contributed by atoms with E-state index in [0.717, 1.165) is 0 Å². The van der Waals surface area contributed by atoms with E-state index >= 15 is 0 Å². The van der Waals surface area contributed by atoms with Crippen molar-refractivity contribution in [3.05, 3.63) is 23.0 Å². The number of nitrogens with two attached hydrogens (primary N) is 1. The van der Waals surface area contributed by atoms with E-state index in [1.54, 1.807) is 6.92 Å². The van der Waals surface area contributed by atoms with Crippen LogP contribution in [0.4, 0.5) is 0 Å². The van der Waals surface area contributed by atoms with E-state index in [-0.39, 0.29) is 11.5 Å². The first kappa shape index (κ1) is 10.9. The minimum absolute atomic E-state index is 0.215. The summed E-state index contributed by atoms with van der Waals surface area (Å²) in [6.45, 7) is 1.60. The van der Waals surface area contributed by atoms with Crippen LogP contribution >= 0.6 is 11.6 Å². The number of carbonyl (C=O) groups is 1. The maximum absolute atomic E-state index is 11.5. The van der Waals surface area contributed by atoms with Crippen LogP contribution in [0, 0.1) is 0 Å². The van der Waals surface area contributed by atoms with Gasteiger partial charge >= 0.3 is 0 Å². The molecule has 1 atom stereocenters. The Bertz CT molecular complexity index is 353. The lowest BCUT2D eigenvalue weighted by atomic mass is 10.1. The number of halogens is 1. The average molecular weight is 215 g/mol. The highest BCUT2D eigenvalue weighted by molar-refractivity contribution is 6.30. The number of aromatic nitrogens is 1. The van der Waals surface area contributed by atoms with Crippen LogP contribution in [0.25, 0.3) is 0 Å². The van der Waals surface area contributed by atoms with Crippen molar-refractivity contribution in [3.8, 4) is 5.75 Å². The first-order chi connectivity index (χ1) is 6.56. The summed E-state index contributed by atoms with van der Waals surface area (Å²) in [7, 11) is 1.45. The summed E-state index contributed by atoms with van der Waals surface area (Å²) in [5.74, 6) is 0.0818. The molecule has 1 heterocycles. The number of methoxy groups -OCH3 is 1. The third-order valence-corrected chi connectivity index (χ3v) is 1.89. The monoisotopic (exact) mass is 214 g/mol. The van der Waals surface area contributed by atoms with Crippen molar-refractivity contribution in [2.45, 2.75) is 13.0 Å². The Hall–Kier alpha value is -1.13. The summed E-state index contributed by atoms with van der Waals surface area (Å²) in [5, 5.41) is 0.420. The zero-order valence-electron chi connectivity index (χ0n) is 7.95. The van der Waals surface area contributed by atoms with Crippen LogP contribution in [-0.2, 0) is 0 Å². The maximum Gasteiger partial charge on any atom is 0.201 e. The summed E-state index contributed by atoms with van der Waals surface area (Å²) in [5.41, 5.74) is 5.67. The molecule has 0 spiro atoms. The number of ketones is 1. The van der Waals surface area contributed by atoms with E-state index in [1.165, 1.54) is 19.4 Å². The fourth-order valence-electron chi connectivity index (χ4n) is 0.977. The molecule has 0 aliphatic rings. The number of hydrogen-bond acceptors (Lipinski definition) is 4. The molecule has 1 aromatic heterocycles. The summed E-state index contributed by atoms with van der Waals surface area (Å²) in [6, 6.07) is 0.932. The van der Waals surface area contributed by atoms with Gasteiger partial charge in [-0.15, -0.1) is 0 Å². The van der Waals surface area contributed by atoms with Gasteiger partial charge in [0.1, 0.15) is 11.4 Å². The smallest absolute Gasteiger partial charge is 0.201 e. The normalized spacial score (nSPS) is 12.3. The Balaban J connectivity index is 3.14. The summed E-state index contributed by atoms with van der Waals surface area (Å²) < 4.78 is 4.97. The Kier molecular flexibility index (Phi) is 3.43. The molecule has 5 heteroatoms. The van der Waals surface area contributed by atoms with Crippen LogP contribution in [0.2, 0.25) is 5.02 Å². The molecule has 0 radical (unpaired) electrons. The number of rotatable bonds is 3. The van der Waals surface area contributed by atoms with Gasteiger partial charge in [-0.2, -0.15) is 0 Å². The molecule has 0 bridgehead atoms. The van der Waals surface area contributed by atoms with Gasteiger partial charge in [0, 0.05) is 12.3 Å². The molecule has 0 aromatic carbocycles. The van der Waals surface area contributed by atoms with Crippen LogP contribution in [0.15, 0.2) is 12.3 Å². The fraction of sp³-hybridized carbons (Fsp3) is 0.333. The molecule has 4 nitrogen and oxygen atoms in total. The molecule has 0 fully saturated rings. The molecule has 1 unspecified atom stereocenters. The fourth-order valence-corrected chi connectivity index (χ4v) is 1.12. The van der Waals surface area contributed by atoms with E-state index in [0.29, 0.717) is 10.8 Å². The Morgan fingerprint density at radius 3 is 2.86 bits per heavy atom. The number of Topliss-reactive ketones (excluding diaryl/α,β-unsaturated/α-hetero) is 1. The predicted octanol–water partition coefficient (Wildman–Crippen LogP) is 1.27. The molecule has 14 heavy (non-hydrogen) atoms. The van der Waals surface area contributed by atoms with Gasteiger partial charge in [0.05, 0.1) is 18.2 Å². The highest BCUT2D eigenvalue weighted by atomic mass is 35.5. The second-order valence-electron chi connectivity index (χ2n) is 2.86. The molecular weight excluding hydrogens is 204 g/mol. The zero-order valence-corrected chi connectivity index (χ0v) is 8.71. The number of hydrogen-bond donors (Lipinski definition) is 1. The standard InChI is InChI=1S/C9H11ClN2O2/c1-5(11)9(13)8-7(14-2)3-6(10)4-12-8/h3-5H,11H2,1-2H3. The Morgan fingerprint density at radius 1 is 1.71 bits per heavy atom. The second-order valence-corrected chi connectivity index (χ2v) is 3.29. The Labute approximate surface area is 87.0 Å². The lowest BCUT2D eigenvalue weighted by molar-refractivity contribution is 0.0960. The first-order valence-corrected chi connectivity index (χ1v) is 4.43. The molecule has 0 amide bonds. The van der Waals surface area contributed by atoms with Crippen molar-refractivity contribution in [1.82, 2.24) is 4.98 Å². The third kappa shape index (κ3) is 2.21. The molecule has 0 aliphatic heterocycles. The van der Waals surface area contributed by atoms with Gasteiger partial charge in [-0.3, -0.25) is 4.79 Å². The molecule has 0 aliphatic carbocycles. The van der Waals surface area contributed by atoms with Crippen molar-refractivity contribution >= 4 is 17.4 Å². The molecule has 0 saturated carbocycles. The number of ether oxygens (including phenoxy) is 1. The molecular formula is C9H11ClN2O2. The molecule has 1 aromatic rings. The van der Waals surface area contributed by atoms with Crippen LogP contribution in [-0.4, -0.2) is 23.9 Å². The van der Waals surface area contributed by atoms with Gasteiger partial charge < -0.3 is 10.5 Å². The van der Waals surface area contributed by atoms with Crippen LogP contribution in [0.1, 0.15) is 17.4 Å². The quantitative estimate of drug-likeness (QED) is 0.770. The molecule has 1 rings (SSSR count). The lowest BCUT2D eigenvalue weighted by Crippen LogP contribution is -2.27. The topological polar surface area (TPSA) is 65.2 Å². The van der Waals surface area contributed by atoms with Crippen LogP contribution < -0.4 is 10.5 Å².